The van der Waals surface area contributed by atoms with Gasteiger partial charge >= 0.3 is 5.97 Å². The number of methoxy groups -OCH3 is 1. The first-order valence-electron chi connectivity index (χ1n) is 7.95. The number of para-hydroxylation sites is 2. The van der Waals surface area contributed by atoms with Gasteiger partial charge in [0.1, 0.15) is 11.5 Å². The van der Waals surface area contributed by atoms with E-state index in [2.05, 4.69) is 10.1 Å². The van der Waals surface area contributed by atoms with Gasteiger partial charge in [-0.15, -0.1) is 0 Å². The molecule has 2 aromatic carbocycles. The van der Waals surface area contributed by atoms with Crippen LogP contribution in [0.5, 0.6) is 11.5 Å². The molecule has 0 aliphatic carbocycles. The first-order chi connectivity index (χ1) is 12.1. The SMILES string of the molecule is COC(=O)/C=C/c1ccccc1Oc1ccccc1CCNC(C)=O. The summed E-state index contributed by atoms with van der Waals surface area (Å²) in [5.41, 5.74) is 1.76. The van der Waals surface area contributed by atoms with Crippen LogP contribution in [0.1, 0.15) is 18.1 Å². The van der Waals surface area contributed by atoms with Crippen LogP contribution in [0.4, 0.5) is 0 Å². The summed E-state index contributed by atoms with van der Waals surface area (Å²) in [6.45, 7) is 2.03. The second-order valence-electron chi connectivity index (χ2n) is 5.34. The van der Waals surface area contributed by atoms with Crippen molar-refractivity contribution < 1.29 is 19.1 Å². The fourth-order valence-electron chi connectivity index (χ4n) is 2.24. The highest BCUT2D eigenvalue weighted by molar-refractivity contribution is 5.87. The molecule has 25 heavy (non-hydrogen) atoms. The van der Waals surface area contributed by atoms with Crippen LogP contribution < -0.4 is 10.1 Å². The minimum absolute atomic E-state index is 0.0586. The average molecular weight is 339 g/mol. The molecule has 0 aromatic heterocycles. The molecule has 0 spiro atoms. The lowest BCUT2D eigenvalue weighted by molar-refractivity contribution is -0.134. The van der Waals surface area contributed by atoms with E-state index in [9.17, 15) is 9.59 Å². The van der Waals surface area contributed by atoms with Crippen molar-refractivity contribution in [3.8, 4) is 11.5 Å². The molecule has 0 heterocycles. The van der Waals surface area contributed by atoms with Crippen molar-refractivity contribution in [2.45, 2.75) is 13.3 Å². The monoisotopic (exact) mass is 339 g/mol. The predicted molar refractivity (Wildman–Crippen MR) is 96.4 cm³/mol. The average Bonchev–Trinajstić information content (AvgIpc) is 2.61. The van der Waals surface area contributed by atoms with Crippen molar-refractivity contribution >= 4 is 18.0 Å². The van der Waals surface area contributed by atoms with Crippen LogP contribution in [0.15, 0.2) is 54.6 Å². The van der Waals surface area contributed by atoms with Gasteiger partial charge in [0, 0.05) is 25.1 Å². The smallest absolute Gasteiger partial charge is 0.330 e. The molecule has 0 unspecified atom stereocenters. The Kier molecular flexibility index (Phi) is 6.77. The number of ether oxygens (including phenoxy) is 2. The zero-order valence-electron chi connectivity index (χ0n) is 14.3. The summed E-state index contributed by atoms with van der Waals surface area (Å²) in [5.74, 6) is 0.864. The molecule has 0 atom stereocenters. The summed E-state index contributed by atoms with van der Waals surface area (Å²) in [7, 11) is 1.33. The van der Waals surface area contributed by atoms with Gasteiger partial charge in [-0.3, -0.25) is 4.79 Å². The van der Waals surface area contributed by atoms with Crippen LogP contribution in [-0.2, 0) is 20.7 Å². The minimum atomic E-state index is -0.425. The van der Waals surface area contributed by atoms with E-state index in [1.807, 2.05) is 48.5 Å². The zero-order valence-corrected chi connectivity index (χ0v) is 14.3. The van der Waals surface area contributed by atoms with Gasteiger partial charge in [0.15, 0.2) is 0 Å². The summed E-state index contributed by atoms with van der Waals surface area (Å²) in [6.07, 6.45) is 3.67. The van der Waals surface area contributed by atoms with Gasteiger partial charge in [-0.1, -0.05) is 36.4 Å². The highest BCUT2D eigenvalue weighted by Crippen LogP contribution is 2.29. The maximum atomic E-state index is 11.3. The summed E-state index contributed by atoms with van der Waals surface area (Å²) in [6, 6.07) is 15.1. The Hall–Kier alpha value is -3.08. The van der Waals surface area contributed by atoms with Crippen LogP contribution in [0, 0.1) is 0 Å². The van der Waals surface area contributed by atoms with Crippen LogP contribution in [0.3, 0.4) is 0 Å². The van der Waals surface area contributed by atoms with E-state index in [-0.39, 0.29) is 5.91 Å². The highest BCUT2D eigenvalue weighted by Gasteiger charge is 2.07. The molecule has 2 aromatic rings. The molecule has 0 aliphatic heterocycles. The van der Waals surface area contributed by atoms with Crippen LogP contribution in [0.25, 0.3) is 6.08 Å². The number of carbonyl (C=O) groups excluding carboxylic acids is 2. The normalized spacial score (nSPS) is 10.5. The van der Waals surface area contributed by atoms with Crippen molar-refractivity contribution in [3.63, 3.8) is 0 Å². The van der Waals surface area contributed by atoms with Gasteiger partial charge in [-0.05, 0) is 30.2 Å². The molecule has 5 nitrogen and oxygen atoms in total. The first-order valence-corrected chi connectivity index (χ1v) is 7.95. The summed E-state index contributed by atoms with van der Waals surface area (Å²) >= 11 is 0. The van der Waals surface area contributed by atoms with Gasteiger partial charge in [-0.2, -0.15) is 0 Å². The summed E-state index contributed by atoms with van der Waals surface area (Å²) in [5, 5.41) is 2.78. The Bertz CT molecular complexity index is 768. The molecular formula is C20H21NO4. The lowest BCUT2D eigenvalue weighted by Crippen LogP contribution is -2.22. The lowest BCUT2D eigenvalue weighted by atomic mass is 10.1. The Morgan fingerprint density at radius 1 is 1.04 bits per heavy atom. The van der Waals surface area contributed by atoms with E-state index < -0.39 is 5.97 Å². The largest absolute Gasteiger partial charge is 0.466 e. The fraction of sp³-hybridized carbons (Fsp3) is 0.200. The van der Waals surface area contributed by atoms with Crippen molar-refractivity contribution in [2.75, 3.05) is 13.7 Å². The number of benzene rings is 2. The van der Waals surface area contributed by atoms with Crippen molar-refractivity contribution in [1.82, 2.24) is 5.32 Å². The molecular weight excluding hydrogens is 318 g/mol. The van der Waals surface area contributed by atoms with Crippen molar-refractivity contribution in [2.24, 2.45) is 0 Å². The molecule has 0 radical (unpaired) electrons. The van der Waals surface area contributed by atoms with Crippen LogP contribution in [-0.4, -0.2) is 25.5 Å². The Morgan fingerprint density at radius 2 is 1.72 bits per heavy atom. The second kappa shape index (κ2) is 9.27. The number of esters is 1. The second-order valence-corrected chi connectivity index (χ2v) is 5.34. The molecule has 130 valence electrons. The lowest BCUT2D eigenvalue weighted by Gasteiger charge is -2.13. The van der Waals surface area contributed by atoms with Crippen LogP contribution in [0.2, 0.25) is 0 Å². The van der Waals surface area contributed by atoms with Gasteiger partial charge in [0.2, 0.25) is 5.91 Å². The molecule has 1 amide bonds. The summed E-state index contributed by atoms with van der Waals surface area (Å²) in [4.78, 5) is 22.3. The van der Waals surface area contributed by atoms with E-state index >= 15 is 0 Å². The standard InChI is InChI=1S/C20H21NO4/c1-15(22)21-14-13-17-8-4-6-10-19(17)25-18-9-5-3-7-16(18)11-12-20(23)24-2/h3-12H,13-14H2,1-2H3,(H,21,22)/b12-11+. The van der Waals surface area contributed by atoms with Gasteiger partial charge in [0.05, 0.1) is 7.11 Å². The molecule has 1 N–H and O–H groups in total. The fourth-order valence-corrected chi connectivity index (χ4v) is 2.24. The minimum Gasteiger partial charge on any atom is -0.466 e. The number of carbonyl (C=O) groups is 2. The highest BCUT2D eigenvalue weighted by atomic mass is 16.5. The Balaban J connectivity index is 2.18. The topological polar surface area (TPSA) is 64.6 Å². The van der Waals surface area contributed by atoms with Gasteiger partial charge < -0.3 is 14.8 Å². The first kappa shape index (κ1) is 18.3. The molecule has 0 fully saturated rings. The van der Waals surface area contributed by atoms with E-state index in [0.717, 1.165) is 11.1 Å². The third-order valence-electron chi connectivity index (χ3n) is 3.48. The Morgan fingerprint density at radius 3 is 2.44 bits per heavy atom. The van der Waals surface area contributed by atoms with E-state index in [1.165, 1.54) is 20.1 Å². The number of hydrogen-bond donors (Lipinski definition) is 1. The number of hydrogen-bond acceptors (Lipinski definition) is 4. The number of nitrogens with one attached hydrogen (secondary N) is 1. The number of amides is 1. The Labute approximate surface area is 147 Å². The van der Waals surface area contributed by atoms with Crippen molar-refractivity contribution in [3.05, 3.63) is 65.7 Å². The molecule has 5 heteroatoms. The third-order valence-corrected chi connectivity index (χ3v) is 3.48. The maximum absolute atomic E-state index is 11.3. The summed E-state index contributed by atoms with van der Waals surface area (Å²) < 4.78 is 10.7. The molecule has 0 bridgehead atoms. The van der Waals surface area contributed by atoms with Gasteiger partial charge in [-0.25, -0.2) is 4.79 Å². The van der Waals surface area contributed by atoms with Gasteiger partial charge in [0.25, 0.3) is 0 Å². The zero-order chi connectivity index (χ0) is 18.1. The van der Waals surface area contributed by atoms with Crippen LogP contribution >= 0.6 is 0 Å². The molecule has 0 saturated carbocycles. The van der Waals surface area contributed by atoms with E-state index in [0.29, 0.717) is 24.5 Å². The third kappa shape index (κ3) is 5.80. The number of rotatable bonds is 7. The maximum Gasteiger partial charge on any atom is 0.330 e. The predicted octanol–water partition coefficient (Wildman–Crippen LogP) is 3.34. The molecule has 2 rings (SSSR count). The molecule has 0 saturated heterocycles. The van der Waals surface area contributed by atoms with E-state index in [4.69, 9.17) is 4.74 Å². The molecule has 0 aliphatic rings. The quantitative estimate of drug-likeness (QED) is 0.621. The van der Waals surface area contributed by atoms with Crippen molar-refractivity contribution in [1.29, 1.82) is 0 Å². The van der Waals surface area contributed by atoms with E-state index in [1.54, 1.807) is 6.08 Å².